The minimum Gasteiger partial charge on any atom is -0.444 e. The topological polar surface area (TPSA) is 88.1 Å². The molecule has 2 N–H and O–H groups in total. The van der Waals surface area contributed by atoms with Gasteiger partial charge in [0.15, 0.2) is 0 Å². The Morgan fingerprint density at radius 3 is 2.64 bits per heavy atom. The molecule has 2 saturated heterocycles. The fraction of sp³-hybridized carbons (Fsp3) is 0.778. The quantitative estimate of drug-likeness (QED) is 0.746. The van der Waals surface area contributed by atoms with Gasteiger partial charge in [-0.3, -0.25) is 4.79 Å². The van der Waals surface area contributed by atoms with Crippen LogP contribution in [0.25, 0.3) is 0 Å². The first-order chi connectivity index (χ1) is 11.5. The molecule has 0 aromatic heterocycles. The summed E-state index contributed by atoms with van der Waals surface area (Å²) >= 11 is 0. The van der Waals surface area contributed by atoms with E-state index in [1.54, 1.807) is 25.7 Å². The molecule has 0 aromatic rings. The van der Waals surface area contributed by atoms with Crippen LogP contribution in [0.4, 0.5) is 4.79 Å². The average molecular weight is 354 g/mol. The third kappa shape index (κ3) is 4.73. The second kappa shape index (κ2) is 7.33. The van der Waals surface area contributed by atoms with Gasteiger partial charge in [-0.05, 0) is 38.7 Å². The minimum atomic E-state index is -0.741. The molecule has 2 fully saturated rings. The zero-order chi connectivity index (χ0) is 18.9. The lowest BCUT2D eigenvalue weighted by Gasteiger charge is -2.30. The van der Waals surface area contributed by atoms with Crippen LogP contribution in [-0.2, 0) is 14.3 Å². The van der Waals surface area contributed by atoms with E-state index in [1.165, 1.54) is 0 Å². The average Bonchev–Trinajstić information content (AvgIpc) is 2.97. The molecule has 2 aliphatic rings. The predicted octanol–water partition coefficient (Wildman–Crippen LogP) is 1.45. The summed E-state index contributed by atoms with van der Waals surface area (Å²) in [6, 6.07) is -1.15. The van der Waals surface area contributed by atoms with Crippen molar-refractivity contribution in [3.63, 3.8) is 0 Å². The van der Waals surface area contributed by atoms with Crippen LogP contribution in [-0.4, -0.2) is 65.1 Å². The molecule has 7 heteroatoms. The molecule has 2 aliphatic heterocycles. The Labute approximate surface area is 149 Å². The van der Waals surface area contributed by atoms with Crippen LogP contribution >= 0.6 is 0 Å². The lowest BCUT2D eigenvalue weighted by atomic mass is 10.0. The Bertz CT molecular complexity index is 540. The van der Waals surface area contributed by atoms with Crippen molar-refractivity contribution in [3.05, 3.63) is 12.2 Å². The van der Waals surface area contributed by atoms with Gasteiger partial charge in [0.05, 0.1) is 12.6 Å². The summed E-state index contributed by atoms with van der Waals surface area (Å²) < 4.78 is 10.8. The fourth-order valence-electron chi connectivity index (χ4n) is 3.31. The smallest absolute Gasteiger partial charge is 0.408 e. The summed E-state index contributed by atoms with van der Waals surface area (Å²) in [5.74, 6) is -0.0343. The van der Waals surface area contributed by atoms with Gasteiger partial charge in [0.25, 0.3) is 0 Å². The Morgan fingerprint density at radius 1 is 1.44 bits per heavy atom. The van der Waals surface area contributed by atoms with Gasteiger partial charge in [-0.25, -0.2) is 4.79 Å². The van der Waals surface area contributed by atoms with E-state index in [1.807, 2.05) is 13.8 Å². The molecule has 2 amide bonds. The van der Waals surface area contributed by atoms with E-state index in [4.69, 9.17) is 9.47 Å². The van der Waals surface area contributed by atoms with Gasteiger partial charge in [-0.15, -0.1) is 0 Å². The molecular weight excluding hydrogens is 324 g/mol. The van der Waals surface area contributed by atoms with Gasteiger partial charge in [0.2, 0.25) is 5.91 Å². The van der Waals surface area contributed by atoms with E-state index in [2.05, 4.69) is 11.9 Å². The van der Waals surface area contributed by atoms with Gasteiger partial charge < -0.3 is 24.8 Å². The maximum Gasteiger partial charge on any atom is 0.408 e. The number of alkyl carbamates (subject to hydrolysis) is 1. The molecule has 0 saturated carbocycles. The second-order valence-electron chi connectivity index (χ2n) is 8.26. The highest BCUT2D eigenvalue weighted by atomic mass is 16.6. The molecule has 2 rings (SSSR count). The third-order valence-corrected chi connectivity index (χ3v) is 4.27. The Kier molecular flexibility index (Phi) is 5.79. The summed E-state index contributed by atoms with van der Waals surface area (Å²) in [5.41, 5.74) is 0.133. The highest BCUT2D eigenvalue weighted by Gasteiger charge is 2.50. The molecule has 0 radical (unpaired) electrons. The van der Waals surface area contributed by atoms with Crippen molar-refractivity contribution in [2.24, 2.45) is 5.92 Å². The second-order valence-corrected chi connectivity index (χ2v) is 8.26. The zero-order valence-corrected chi connectivity index (χ0v) is 15.7. The lowest BCUT2D eigenvalue weighted by molar-refractivity contribution is -0.136. The van der Waals surface area contributed by atoms with Crippen LogP contribution in [0.2, 0.25) is 0 Å². The first kappa shape index (κ1) is 19.7. The van der Waals surface area contributed by atoms with Crippen molar-refractivity contribution >= 4 is 12.0 Å². The van der Waals surface area contributed by atoms with Crippen molar-refractivity contribution in [3.8, 4) is 0 Å². The van der Waals surface area contributed by atoms with E-state index in [9.17, 15) is 14.7 Å². The number of amides is 2. The van der Waals surface area contributed by atoms with E-state index in [0.717, 1.165) is 5.57 Å². The van der Waals surface area contributed by atoms with Crippen molar-refractivity contribution in [1.29, 1.82) is 0 Å². The largest absolute Gasteiger partial charge is 0.444 e. The van der Waals surface area contributed by atoms with Crippen LogP contribution in [0.5, 0.6) is 0 Å². The summed E-state index contributed by atoms with van der Waals surface area (Å²) in [6.07, 6.45) is -1.21. The monoisotopic (exact) mass is 354 g/mol. The molecule has 0 aliphatic carbocycles. The van der Waals surface area contributed by atoms with Crippen molar-refractivity contribution in [2.75, 3.05) is 13.2 Å². The standard InChI is InChI=1S/C18H30N2O5/c1-10(2)7-12(19-17(23)25-18(4,5)6)16(22)20-8-11(3)15-14(20)13(21)9-24-15/h10,12-15,21H,3,7-9H2,1-2,4-6H3,(H,19,23)/t12-,13-,14+,15+/m0/s1. The third-order valence-electron chi connectivity index (χ3n) is 4.27. The van der Waals surface area contributed by atoms with Gasteiger partial charge in [-0.1, -0.05) is 20.4 Å². The van der Waals surface area contributed by atoms with Crippen molar-refractivity contribution in [1.82, 2.24) is 10.2 Å². The number of hydrogen-bond donors (Lipinski definition) is 2. The minimum absolute atomic E-state index is 0.187. The number of carbonyl (C=O) groups excluding carboxylic acids is 2. The molecule has 7 nitrogen and oxygen atoms in total. The van der Waals surface area contributed by atoms with E-state index < -0.39 is 29.9 Å². The number of aliphatic hydroxyl groups is 1. The van der Waals surface area contributed by atoms with Gasteiger partial charge in [0.1, 0.15) is 23.9 Å². The van der Waals surface area contributed by atoms with Gasteiger partial charge in [0, 0.05) is 6.54 Å². The lowest BCUT2D eigenvalue weighted by Crippen LogP contribution is -2.54. The van der Waals surface area contributed by atoms with Crippen molar-refractivity contribution in [2.45, 2.75) is 70.9 Å². The number of carbonyl (C=O) groups is 2. The number of rotatable bonds is 4. The van der Waals surface area contributed by atoms with E-state index in [-0.39, 0.29) is 24.5 Å². The predicted molar refractivity (Wildman–Crippen MR) is 93.0 cm³/mol. The highest BCUT2D eigenvalue weighted by Crippen LogP contribution is 2.33. The number of nitrogens with one attached hydrogen (secondary N) is 1. The van der Waals surface area contributed by atoms with Crippen LogP contribution in [0.1, 0.15) is 41.0 Å². The SMILES string of the molecule is C=C1CN(C(=O)[C@H](CC(C)C)NC(=O)OC(C)(C)C)[C@H]2[C@@H]1OC[C@@H]2O. The summed E-state index contributed by atoms with van der Waals surface area (Å²) in [6.45, 7) is 13.7. The molecule has 0 bridgehead atoms. The first-order valence-electron chi connectivity index (χ1n) is 8.77. The molecular formula is C18H30N2O5. The highest BCUT2D eigenvalue weighted by molar-refractivity contribution is 5.86. The van der Waals surface area contributed by atoms with Crippen molar-refractivity contribution < 1.29 is 24.2 Å². The molecule has 0 spiro atoms. The number of ether oxygens (including phenoxy) is 2. The Balaban J connectivity index is 2.12. The summed E-state index contributed by atoms with van der Waals surface area (Å²) in [5, 5.41) is 12.8. The van der Waals surface area contributed by atoms with E-state index in [0.29, 0.717) is 13.0 Å². The fourth-order valence-corrected chi connectivity index (χ4v) is 3.31. The molecule has 25 heavy (non-hydrogen) atoms. The maximum atomic E-state index is 13.1. The molecule has 0 unspecified atom stereocenters. The van der Waals surface area contributed by atoms with Crippen LogP contribution in [0, 0.1) is 5.92 Å². The molecule has 0 aromatic carbocycles. The number of hydrogen-bond acceptors (Lipinski definition) is 5. The van der Waals surface area contributed by atoms with E-state index >= 15 is 0 Å². The Hall–Kier alpha value is -1.60. The summed E-state index contributed by atoms with van der Waals surface area (Å²) in [7, 11) is 0. The molecule has 4 atom stereocenters. The zero-order valence-electron chi connectivity index (χ0n) is 15.7. The maximum absolute atomic E-state index is 13.1. The molecule has 142 valence electrons. The van der Waals surface area contributed by atoms with Gasteiger partial charge in [-0.2, -0.15) is 0 Å². The number of nitrogens with zero attached hydrogens (tertiary/aromatic N) is 1. The number of likely N-dealkylation sites (tertiary alicyclic amines) is 1. The normalized spacial score (nSPS) is 27.4. The van der Waals surface area contributed by atoms with Crippen LogP contribution < -0.4 is 5.32 Å². The summed E-state index contributed by atoms with van der Waals surface area (Å²) in [4.78, 5) is 26.8. The number of fused-ring (bicyclic) bond motifs is 1. The first-order valence-corrected chi connectivity index (χ1v) is 8.77. The molecule has 2 heterocycles. The van der Waals surface area contributed by atoms with Crippen LogP contribution in [0.15, 0.2) is 12.2 Å². The van der Waals surface area contributed by atoms with Crippen LogP contribution in [0.3, 0.4) is 0 Å². The van der Waals surface area contributed by atoms with Gasteiger partial charge >= 0.3 is 6.09 Å². The number of aliphatic hydroxyl groups excluding tert-OH is 1. The Morgan fingerprint density at radius 2 is 2.08 bits per heavy atom.